The van der Waals surface area contributed by atoms with Gasteiger partial charge in [0.15, 0.2) is 5.78 Å². The second kappa shape index (κ2) is 6.39. The van der Waals surface area contributed by atoms with Gasteiger partial charge in [0.2, 0.25) is 0 Å². The molecule has 0 amide bonds. The number of nitrogens with zero attached hydrogens (tertiary/aromatic N) is 1. The van der Waals surface area contributed by atoms with Crippen molar-refractivity contribution < 1.29 is 4.79 Å². The highest BCUT2D eigenvalue weighted by Gasteiger charge is 2.26. The molecule has 1 aliphatic rings. The Morgan fingerprint density at radius 3 is 2.72 bits per heavy atom. The zero-order valence-electron chi connectivity index (χ0n) is 11.2. The van der Waals surface area contributed by atoms with Crippen LogP contribution in [0.1, 0.15) is 29.3 Å². The van der Waals surface area contributed by atoms with Gasteiger partial charge in [-0.15, -0.1) is 0 Å². The molecule has 2 nitrogen and oxygen atoms in total. The molecule has 3 heteroatoms. The lowest BCUT2D eigenvalue weighted by molar-refractivity contribution is 0.0874. The van der Waals surface area contributed by atoms with Gasteiger partial charge in [-0.3, -0.25) is 9.69 Å². The molecule has 1 fully saturated rings. The molecular formula is C15H21NOS. The summed E-state index contributed by atoms with van der Waals surface area (Å²) in [6.07, 6.45) is 2.24. The van der Waals surface area contributed by atoms with E-state index in [-0.39, 0.29) is 11.8 Å². The Labute approximate surface area is 114 Å². The van der Waals surface area contributed by atoms with E-state index in [1.54, 1.807) is 0 Å². The van der Waals surface area contributed by atoms with Crippen LogP contribution in [-0.4, -0.2) is 41.8 Å². The second-order valence-corrected chi connectivity index (χ2v) is 6.03. The van der Waals surface area contributed by atoms with E-state index in [9.17, 15) is 4.79 Å². The zero-order chi connectivity index (χ0) is 13.0. The molecular weight excluding hydrogens is 242 g/mol. The molecule has 1 aliphatic heterocycles. The molecule has 1 atom stereocenters. The highest BCUT2D eigenvalue weighted by Crippen LogP contribution is 2.19. The van der Waals surface area contributed by atoms with Crippen molar-refractivity contribution >= 4 is 17.5 Å². The smallest absolute Gasteiger partial charge is 0.180 e. The molecule has 0 aromatic heterocycles. The minimum Gasteiger partial charge on any atom is -0.295 e. The lowest BCUT2D eigenvalue weighted by Crippen LogP contribution is -2.44. The molecule has 1 unspecified atom stereocenters. The van der Waals surface area contributed by atoms with E-state index in [0.717, 1.165) is 36.5 Å². The number of hydrogen-bond acceptors (Lipinski definition) is 3. The first kappa shape index (κ1) is 13.6. The van der Waals surface area contributed by atoms with E-state index in [2.05, 4.69) is 24.0 Å². The molecule has 18 heavy (non-hydrogen) atoms. The third kappa shape index (κ3) is 3.15. The average Bonchev–Trinajstić information content (AvgIpc) is 2.40. The largest absolute Gasteiger partial charge is 0.295 e. The molecule has 1 aromatic carbocycles. The summed E-state index contributed by atoms with van der Waals surface area (Å²) in [7, 11) is 2.05. The van der Waals surface area contributed by atoms with Crippen LogP contribution in [0.3, 0.4) is 0 Å². The minimum atomic E-state index is 0.0563. The Morgan fingerprint density at radius 1 is 1.39 bits per heavy atom. The number of likely N-dealkylation sites (N-methyl/N-ethyl adjacent to an activating group) is 1. The van der Waals surface area contributed by atoms with Gasteiger partial charge < -0.3 is 0 Å². The van der Waals surface area contributed by atoms with Gasteiger partial charge in [-0.2, -0.15) is 11.8 Å². The predicted molar refractivity (Wildman–Crippen MR) is 78.5 cm³/mol. The van der Waals surface area contributed by atoms with Crippen molar-refractivity contribution in [2.24, 2.45) is 0 Å². The van der Waals surface area contributed by atoms with Gasteiger partial charge in [0.25, 0.3) is 0 Å². The molecule has 1 saturated heterocycles. The van der Waals surface area contributed by atoms with Gasteiger partial charge in [-0.1, -0.05) is 37.6 Å². The summed E-state index contributed by atoms with van der Waals surface area (Å²) in [5.41, 5.74) is 2.18. The first-order chi connectivity index (χ1) is 8.72. The van der Waals surface area contributed by atoms with Crippen molar-refractivity contribution in [2.45, 2.75) is 25.8 Å². The Balaban J connectivity index is 2.08. The van der Waals surface area contributed by atoms with E-state index in [4.69, 9.17) is 0 Å². The normalized spacial score (nSPS) is 20.9. The summed E-state index contributed by atoms with van der Waals surface area (Å²) in [5, 5.41) is 0. The first-order valence-electron chi connectivity index (χ1n) is 6.63. The molecule has 0 N–H and O–H groups in total. The Bertz CT molecular complexity index is 401. The van der Waals surface area contributed by atoms with Crippen LogP contribution in [0.5, 0.6) is 0 Å². The minimum absolute atomic E-state index is 0.0563. The van der Waals surface area contributed by atoms with Crippen molar-refractivity contribution in [3.63, 3.8) is 0 Å². The lowest BCUT2D eigenvalue weighted by atomic mass is 10.0. The van der Waals surface area contributed by atoms with Crippen LogP contribution in [0.15, 0.2) is 24.3 Å². The summed E-state index contributed by atoms with van der Waals surface area (Å²) >= 11 is 1.88. The van der Waals surface area contributed by atoms with Gasteiger partial charge in [0, 0.05) is 23.6 Å². The Kier molecular flexibility index (Phi) is 4.84. The fourth-order valence-electron chi connectivity index (χ4n) is 2.28. The van der Waals surface area contributed by atoms with Gasteiger partial charge >= 0.3 is 0 Å². The third-order valence-electron chi connectivity index (χ3n) is 3.48. The average molecular weight is 263 g/mol. The SMILES string of the molecule is CCCc1ccc(C(=O)C2CSCCN2C)cc1. The third-order valence-corrected chi connectivity index (χ3v) is 4.50. The summed E-state index contributed by atoms with van der Waals surface area (Å²) in [6.45, 7) is 3.18. The van der Waals surface area contributed by atoms with Gasteiger partial charge in [-0.25, -0.2) is 0 Å². The number of benzene rings is 1. The number of carbonyl (C=O) groups excluding carboxylic acids is 1. The van der Waals surface area contributed by atoms with Crippen LogP contribution in [-0.2, 0) is 6.42 Å². The van der Waals surface area contributed by atoms with E-state index in [1.807, 2.05) is 30.9 Å². The summed E-state index contributed by atoms with van der Waals surface area (Å²) in [6, 6.07) is 8.21. The molecule has 0 aliphatic carbocycles. The molecule has 0 saturated carbocycles. The maximum Gasteiger partial charge on any atom is 0.180 e. The number of rotatable bonds is 4. The van der Waals surface area contributed by atoms with Crippen molar-refractivity contribution in [2.75, 3.05) is 25.1 Å². The molecule has 0 spiro atoms. The van der Waals surface area contributed by atoms with Crippen LogP contribution in [0.25, 0.3) is 0 Å². The molecule has 0 bridgehead atoms. The molecule has 1 heterocycles. The molecule has 98 valence electrons. The quantitative estimate of drug-likeness (QED) is 0.779. The lowest BCUT2D eigenvalue weighted by Gasteiger charge is -2.30. The summed E-state index contributed by atoms with van der Waals surface area (Å²) in [5.74, 6) is 2.33. The Morgan fingerprint density at radius 2 is 2.11 bits per heavy atom. The van der Waals surface area contributed by atoms with Crippen LogP contribution in [0.4, 0.5) is 0 Å². The van der Waals surface area contributed by atoms with Gasteiger partial charge in [0.05, 0.1) is 6.04 Å². The fourth-order valence-corrected chi connectivity index (χ4v) is 3.49. The number of aryl methyl sites for hydroxylation is 1. The highest BCUT2D eigenvalue weighted by atomic mass is 32.2. The van der Waals surface area contributed by atoms with Crippen molar-refractivity contribution in [3.8, 4) is 0 Å². The van der Waals surface area contributed by atoms with Gasteiger partial charge in [-0.05, 0) is 19.0 Å². The number of Topliss-reactive ketones (excluding diaryl/α,β-unsaturated/α-hetero) is 1. The van der Waals surface area contributed by atoms with Crippen LogP contribution in [0.2, 0.25) is 0 Å². The molecule has 1 aromatic rings. The van der Waals surface area contributed by atoms with E-state index >= 15 is 0 Å². The van der Waals surface area contributed by atoms with E-state index in [1.165, 1.54) is 5.56 Å². The predicted octanol–water partition coefficient (Wildman–Crippen LogP) is 2.87. The number of thioether (sulfide) groups is 1. The van der Waals surface area contributed by atoms with Crippen molar-refractivity contribution in [1.82, 2.24) is 4.90 Å². The Hall–Kier alpha value is -0.800. The fraction of sp³-hybridized carbons (Fsp3) is 0.533. The maximum absolute atomic E-state index is 12.4. The van der Waals surface area contributed by atoms with Crippen LogP contribution < -0.4 is 0 Å². The monoisotopic (exact) mass is 263 g/mol. The highest BCUT2D eigenvalue weighted by molar-refractivity contribution is 7.99. The second-order valence-electron chi connectivity index (χ2n) is 4.88. The molecule has 0 radical (unpaired) electrons. The topological polar surface area (TPSA) is 20.3 Å². The van der Waals surface area contributed by atoms with Crippen molar-refractivity contribution in [3.05, 3.63) is 35.4 Å². The zero-order valence-corrected chi connectivity index (χ0v) is 12.0. The standard InChI is InChI=1S/C15H21NOS/c1-3-4-12-5-7-13(8-6-12)15(17)14-11-18-10-9-16(14)2/h5-8,14H,3-4,9-11H2,1-2H3. The number of ketones is 1. The van der Waals surface area contributed by atoms with Crippen molar-refractivity contribution in [1.29, 1.82) is 0 Å². The van der Waals surface area contributed by atoms with Crippen LogP contribution in [0, 0.1) is 0 Å². The number of hydrogen-bond donors (Lipinski definition) is 0. The van der Waals surface area contributed by atoms with E-state index in [0.29, 0.717) is 0 Å². The summed E-state index contributed by atoms with van der Waals surface area (Å²) in [4.78, 5) is 14.6. The summed E-state index contributed by atoms with van der Waals surface area (Å²) < 4.78 is 0. The maximum atomic E-state index is 12.4. The number of carbonyl (C=O) groups is 1. The molecule has 2 rings (SSSR count). The first-order valence-corrected chi connectivity index (χ1v) is 7.79. The van der Waals surface area contributed by atoms with E-state index < -0.39 is 0 Å². The van der Waals surface area contributed by atoms with Crippen LogP contribution >= 0.6 is 11.8 Å². The van der Waals surface area contributed by atoms with Gasteiger partial charge in [0.1, 0.15) is 0 Å².